The molecular formula is C18H17BrFNO4. The van der Waals surface area contributed by atoms with Crippen LogP contribution in [0.15, 0.2) is 46.9 Å². The van der Waals surface area contributed by atoms with Crippen molar-refractivity contribution in [2.75, 3.05) is 20.8 Å². The summed E-state index contributed by atoms with van der Waals surface area (Å²) in [6.07, 6.45) is 0. The average Bonchev–Trinajstić information content (AvgIpc) is 2.59. The molecule has 0 aliphatic heterocycles. The van der Waals surface area contributed by atoms with Crippen molar-refractivity contribution < 1.29 is 23.5 Å². The Bertz CT molecular complexity index is 781. The summed E-state index contributed by atoms with van der Waals surface area (Å²) in [6.45, 7) is 0.102. The van der Waals surface area contributed by atoms with E-state index < -0.39 is 5.97 Å². The van der Waals surface area contributed by atoms with Gasteiger partial charge in [0, 0.05) is 13.6 Å². The number of likely N-dealkylation sites (N-methyl/N-ethyl adjacent to an activating group) is 1. The number of nitrogens with zero attached hydrogens (tertiary/aromatic N) is 1. The van der Waals surface area contributed by atoms with Gasteiger partial charge in [0.15, 0.2) is 6.61 Å². The van der Waals surface area contributed by atoms with E-state index in [1.807, 2.05) is 0 Å². The number of carbonyl (C=O) groups is 2. The first-order valence-electron chi connectivity index (χ1n) is 7.39. The molecule has 0 fully saturated rings. The van der Waals surface area contributed by atoms with E-state index >= 15 is 0 Å². The number of carbonyl (C=O) groups excluding carboxylic acids is 2. The van der Waals surface area contributed by atoms with E-state index in [1.54, 1.807) is 37.4 Å². The monoisotopic (exact) mass is 409 g/mol. The summed E-state index contributed by atoms with van der Waals surface area (Å²) in [5, 5.41) is 0. The topological polar surface area (TPSA) is 55.8 Å². The number of halogens is 2. The lowest BCUT2D eigenvalue weighted by molar-refractivity contribution is -0.132. The largest absolute Gasteiger partial charge is 0.483 e. The van der Waals surface area contributed by atoms with Crippen LogP contribution in [0.2, 0.25) is 0 Å². The molecule has 2 rings (SSSR count). The Morgan fingerprint density at radius 1 is 1.20 bits per heavy atom. The SMILES string of the molecule is COC(=O)c1ccc(OCC(=O)N(C)Cc2cccc(F)c2)c(Br)c1. The molecule has 0 saturated heterocycles. The number of ether oxygens (including phenoxy) is 2. The van der Waals surface area contributed by atoms with E-state index in [2.05, 4.69) is 20.7 Å². The van der Waals surface area contributed by atoms with Crippen molar-refractivity contribution >= 4 is 27.8 Å². The Balaban J connectivity index is 1.94. The van der Waals surface area contributed by atoms with Crippen LogP contribution in [0.25, 0.3) is 0 Å². The van der Waals surface area contributed by atoms with Crippen molar-refractivity contribution in [1.82, 2.24) is 4.90 Å². The molecule has 0 unspecified atom stereocenters. The average molecular weight is 410 g/mol. The molecule has 132 valence electrons. The van der Waals surface area contributed by atoms with Gasteiger partial charge >= 0.3 is 5.97 Å². The second-order valence-electron chi connectivity index (χ2n) is 5.31. The highest BCUT2D eigenvalue weighted by Crippen LogP contribution is 2.26. The lowest BCUT2D eigenvalue weighted by Crippen LogP contribution is -2.31. The quantitative estimate of drug-likeness (QED) is 0.685. The summed E-state index contributed by atoms with van der Waals surface area (Å²) in [5.41, 5.74) is 1.07. The minimum Gasteiger partial charge on any atom is -0.483 e. The van der Waals surface area contributed by atoms with Crippen molar-refractivity contribution in [3.05, 3.63) is 63.9 Å². The summed E-state index contributed by atoms with van der Waals surface area (Å²) in [6, 6.07) is 10.8. The molecule has 0 aliphatic rings. The lowest BCUT2D eigenvalue weighted by atomic mass is 10.2. The zero-order valence-corrected chi connectivity index (χ0v) is 15.4. The fourth-order valence-electron chi connectivity index (χ4n) is 2.11. The Morgan fingerprint density at radius 3 is 2.60 bits per heavy atom. The molecule has 5 nitrogen and oxygen atoms in total. The summed E-state index contributed by atoms with van der Waals surface area (Å²) < 4.78 is 23.8. The van der Waals surface area contributed by atoms with E-state index in [4.69, 9.17) is 4.74 Å². The predicted molar refractivity (Wildman–Crippen MR) is 93.9 cm³/mol. The van der Waals surface area contributed by atoms with Gasteiger partial charge < -0.3 is 14.4 Å². The Morgan fingerprint density at radius 2 is 1.96 bits per heavy atom. The minimum atomic E-state index is -0.460. The maximum atomic E-state index is 13.2. The van der Waals surface area contributed by atoms with Gasteiger partial charge in [-0.15, -0.1) is 0 Å². The Hall–Kier alpha value is -2.41. The molecule has 0 aromatic heterocycles. The second kappa shape index (κ2) is 8.62. The smallest absolute Gasteiger partial charge is 0.337 e. The number of rotatable bonds is 6. The van der Waals surface area contributed by atoms with Gasteiger partial charge in [0.2, 0.25) is 0 Å². The fraction of sp³-hybridized carbons (Fsp3) is 0.222. The molecule has 0 bridgehead atoms. The zero-order chi connectivity index (χ0) is 18.4. The normalized spacial score (nSPS) is 10.2. The third-order valence-corrected chi connectivity index (χ3v) is 4.06. The number of amides is 1. The van der Waals surface area contributed by atoms with Crippen LogP contribution in [-0.4, -0.2) is 37.5 Å². The third kappa shape index (κ3) is 5.29. The number of esters is 1. The van der Waals surface area contributed by atoms with Gasteiger partial charge in [-0.1, -0.05) is 12.1 Å². The van der Waals surface area contributed by atoms with Crippen LogP contribution in [0, 0.1) is 5.82 Å². The minimum absolute atomic E-state index is 0.179. The molecule has 2 aromatic rings. The van der Waals surface area contributed by atoms with E-state index in [1.165, 1.54) is 24.1 Å². The molecule has 0 N–H and O–H groups in total. The molecule has 7 heteroatoms. The number of hydrogen-bond acceptors (Lipinski definition) is 4. The first-order chi connectivity index (χ1) is 11.9. The first kappa shape index (κ1) is 18.9. The predicted octanol–water partition coefficient (Wildman–Crippen LogP) is 3.41. The summed E-state index contributed by atoms with van der Waals surface area (Å²) in [5.74, 6) is -0.629. The van der Waals surface area contributed by atoms with Gasteiger partial charge in [-0.25, -0.2) is 9.18 Å². The molecule has 1 amide bonds. The lowest BCUT2D eigenvalue weighted by Gasteiger charge is -2.18. The molecule has 2 aromatic carbocycles. The van der Waals surface area contributed by atoms with E-state index in [0.29, 0.717) is 21.3 Å². The Labute approximate surface area is 153 Å². The van der Waals surface area contributed by atoms with E-state index in [0.717, 1.165) is 0 Å². The maximum Gasteiger partial charge on any atom is 0.337 e. The molecule has 0 aliphatic carbocycles. The molecule has 0 spiro atoms. The Kier molecular flexibility index (Phi) is 6.52. The molecule has 0 atom stereocenters. The summed E-state index contributed by atoms with van der Waals surface area (Å²) in [4.78, 5) is 25.1. The van der Waals surface area contributed by atoms with Crippen molar-refractivity contribution in [3.63, 3.8) is 0 Å². The highest BCUT2D eigenvalue weighted by atomic mass is 79.9. The van der Waals surface area contributed by atoms with E-state index in [-0.39, 0.29) is 24.9 Å². The van der Waals surface area contributed by atoms with Crippen molar-refractivity contribution in [1.29, 1.82) is 0 Å². The first-order valence-corrected chi connectivity index (χ1v) is 8.19. The van der Waals surface area contributed by atoms with Gasteiger partial charge in [-0.05, 0) is 51.8 Å². The van der Waals surface area contributed by atoms with Crippen LogP contribution in [0.1, 0.15) is 15.9 Å². The zero-order valence-electron chi connectivity index (χ0n) is 13.8. The maximum absolute atomic E-state index is 13.2. The van der Waals surface area contributed by atoms with Gasteiger partial charge in [0.1, 0.15) is 11.6 Å². The second-order valence-corrected chi connectivity index (χ2v) is 6.16. The summed E-state index contributed by atoms with van der Waals surface area (Å²) >= 11 is 3.29. The van der Waals surface area contributed by atoms with E-state index in [9.17, 15) is 14.0 Å². The van der Waals surface area contributed by atoms with Crippen molar-refractivity contribution in [2.24, 2.45) is 0 Å². The molecule has 0 heterocycles. The van der Waals surface area contributed by atoms with Crippen LogP contribution in [0.5, 0.6) is 5.75 Å². The van der Waals surface area contributed by atoms with Crippen LogP contribution < -0.4 is 4.74 Å². The van der Waals surface area contributed by atoms with Crippen LogP contribution >= 0.6 is 15.9 Å². The number of methoxy groups -OCH3 is 1. The van der Waals surface area contributed by atoms with Gasteiger partial charge in [0.05, 0.1) is 17.1 Å². The molecule has 25 heavy (non-hydrogen) atoms. The number of benzene rings is 2. The molecular weight excluding hydrogens is 393 g/mol. The van der Waals surface area contributed by atoms with Crippen LogP contribution in [0.3, 0.4) is 0 Å². The van der Waals surface area contributed by atoms with Gasteiger partial charge in [-0.3, -0.25) is 4.79 Å². The molecule has 0 saturated carbocycles. The standard InChI is InChI=1S/C18H17BrFNO4/c1-21(10-12-4-3-5-14(20)8-12)17(22)11-25-16-7-6-13(9-15(16)19)18(23)24-2/h3-9H,10-11H2,1-2H3. The molecule has 0 radical (unpaired) electrons. The van der Waals surface area contributed by atoms with Crippen LogP contribution in [0.4, 0.5) is 4.39 Å². The van der Waals surface area contributed by atoms with Crippen LogP contribution in [-0.2, 0) is 16.1 Å². The van der Waals surface area contributed by atoms with Gasteiger partial charge in [-0.2, -0.15) is 0 Å². The number of hydrogen-bond donors (Lipinski definition) is 0. The highest BCUT2D eigenvalue weighted by molar-refractivity contribution is 9.10. The third-order valence-electron chi connectivity index (χ3n) is 3.44. The van der Waals surface area contributed by atoms with Crippen molar-refractivity contribution in [3.8, 4) is 5.75 Å². The van der Waals surface area contributed by atoms with Gasteiger partial charge in [0.25, 0.3) is 5.91 Å². The highest BCUT2D eigenvalue weighted by Gasteiger charge is 2.13. The summed E-state index contributed by atoms with van der Waals surface area (Å²) in [7, 11) is 2.92. The fourth-order valence-corrected chi connectivity index (χ4v) is 2.60. The van der Waals surface area contributed by atoms with Crippen molar-refractivity contribution in [2.45, 2.75) is 6.54 Å².